The highest BCUT2D eigenvalue weighted by atomic mass is 16.2. The number of nitrogens with one attached hydrogen (secondary N) is 3. The number of hydrogen-bond acceptors (Lipinski definition) is 3. The van der Waals surface area contributed by atoms with E-state index in [0.717, 1.165) is 16.8 Å². The van der Waals surface area contributed by atoms with Crippen LogP contribution >= 0.6 is 0 Å². The Hall–Kier alpha value is -2.82. The third-order valence-electron chi connectivity index (χ3n) is 3.11. The van der Waals surface area contributed by atoms with E-state index in [0.29, 0.717) is 5.69 Å². The molecule has 0 saturated carbocycles. The van der Waals surface area contributed by atoms with E-state index in [1.165, 1.54) is 0 Å². The summed E-state index contributed by atoms with van der Waals surface area (Å²) in [7, 11) is 0. The molecule has 0 atom stereocenters. The van der Waals surface area contributed by atoms with E-state index >= 15 is 0 Å². The van der Waals surface area contributed by atoms with Gasteiger partial charge in [0.15, 0.2) is 0 Å². The van der Waals surface area contributed by atoms with Crippen molar-refractivity contribution in [1.29, 1.82) is 0 Å². The van der Waals surface area contributed by atoms with Gasteiger partial charge in [0, 0.05) is 11.4 Å². The highest BCUT2D eigenvalue weighted by Crippen LogP contribution is 2.15. The van der Waals surface area contributed by atoms with Crippen LogP contribution in [0.15, 0.2) is 48.5 Å². The van der Waals surface area contributed by atoms with Gasteiger partial charge in [0.1, 0.15) is 0 Å². The standard InChI is InChI=1S/C17H19N3O2/c1-12-8-9-15(13(2)10-12)18-11-16(21)20-17(22)19-14-6-4-3-5-7-14/h3-10,18H,11H2,1-2H3,(H2,19,20,21,22). The van der Waals surface area contributed by atoms with Crippen LogP contribution < -0.4 is 16.0 Å². The molecule has 0 aliphatic carbocycles. The quantitative estimate of drug-likeness (QED) is 0.812. The first-order valence-electron chi connectivity index (χ1n) is 7.01. The van der Waals surface area contributed by atoms with Crippen molar-refractivity contribution in [3.05, 3.63) is 59.7 Å². The fourth-order valence-electron chi connectivity index (χ4n) is 2.04. The number of para-hydroxylation sites is 1. The minimum Gasteiger partial charge on any atom is -0.376 e. The van der Waals surface area contributed by atoms with Crippen molar-refractivity contribution >= 4 is 23.3 Å². The monoisotopic (exact) mass is 297 g/mol. The van der Waals surface area contributed by atoms with Crippen LogP contribution in [0.1, 0.15) is 11.1 Å². The summed E-state index contributed by atoms with van der Waals surface area (Å²) in [5, 5.41) is 7.89. The number of carbonyl (C=O) groups is 2. The van der Waals surface area contributed by atoms with Crippen LogP contribution in [-0.2, 0) is 4.79 Å². The Morgan fingerprint density at radius 1 is 1.00 bits per heavy atom. The van der Waals surface area contributed by atoms with Crippen LogP contribution in [0, 0.1) is 13.8 Å². The first-order valence-corrected chi connectivity index (χ1v) is 7.01. The van der Waals surface area contributed by atoms with Crippen molar-refractivity contribution in [1.82, 2.24) is 5.32 Å². The predicted octanol–water partition coefficient (Wildman–Crippen LogP) is 3.06. The molecule has 22 heavy (non-hydrogen) atoms. The Kier molecular flexibility index (Phi) is 5.14. The molecule has 2 aromatic rings. The first-order chi connectivity index (χ1) is 10.5. The van der Waals surface area contributed by atoms with E-state index in [-0.39, 0.29) is 6.54 Å². The second-order valence-electron chi connectivity index (χ2n) is 5.04. The van der Waals surface area contributed by atoms with Gasteiger partial charge in [-0.2, -0.15) is 0 Å². The molecule has 2 aromatic carbocycles. The van der Waals surface area contributed by atoms with Crippen molar-refractivity contribution in [3.63, 3.8) is 0 Å². The van der Waals surface area contributed by atoms with Gasteiger partial charge < -0.3 is 10.6 Å². The maximum absolute atomic E-state index is 11.8. The average molecular weight is 297 g/mol. The summed E-state index contributed by atoms with van der Waals surface area (Å²) >= 11 is 0. The number of aryl methyl sites for hydroxylation is 2. The molecule has 114 valence electrons. The molecule has 5 heteroatoms. The third-order valence-corrected chi connectivity index (χ3v) is 3.11. The topological polar surface area (TPSA) is 70.2 Å². The number of anilines is 2. The number of rotatable bonds is 4. The van der Waals surface area contributed by atoms with Gasteiger partial charge in [0.25, 0.3) is 0 Å². The lowest BCUT2D eigenvalue weighted by atomic mass is 10.1. The molecule has 0 unspecified atom stereocenters. The van der Waals surface area contributed by atoms with Crippen molar-refractivity contribution in [2.45, 2.75) is 13.8 Å². The zero-order valence-electron chi connectivity index (χ0n) is 12.6. The third kappa shape index (κ3) is 4.63. The second-order valence-corrected chi connectivity index (χ2v) is 5.04. The molecule has 0 bridgehead atoms. The Labute approximate surface area is 129 Å². The SMILES string of the molecule is Cc1ccc(NCC(=O)NC(=O)Nc2ccccc2)c(C)c1. The fraction of sp³-hybridized carbons (Fsp3) is 0.176. The molecule has 3 amide bonds. The van der Waals surface area contributed by atoms with Crippen LogP contribution in [0.4, 0.5) is 16.2 Å². The normalized spacial score (nSPS) is 9.91. The average Bonchev–Trinajstić information content (AvgIpc) is 2.47. The van der Waals surface area contributed by atoms with E-state index in [4.69, 9.17) is 0 Å². The van der Waals surface area contributed by atoms with Crippen LogP contribution in [0.5, 0.6) is 0 Å². The van der Waals surface area contributed by atoms with Crippen molar-refractivity contribution in [3.8, 4) is 0 Å². The lowest BCUT2D eigenvalue weighted by Gasteiger charge is -2.10. The summed E-state index contributed by atoms with van der Waals surface area (Å²) in [6.45, 7) is 4.01. The summed E-state index contributed by atoms with van der Waals surface area (Å²) < 4.78 is 0. The van der Waals surface area contributed by atoms with E-state index in [2.05, 4.69) is 16.0 Å². The number of hydrogen-bond donors (Lipinski definition) is 3. The van der Waals surface area contributed by atoms with E-state index in [1.54, 1.807) is 24.3 Å². The van der Waals surface area contributed by atoms with E-state index < -0.39 is 11.9 Å². The molecular weight excluding hydrogens is 278 g/mol. The molecule has 5 nitrogen and oxygen atoms in total. The summed E-state index contributed by atoms with van der Waals surface area (Å²) in [6, 6.07) is 14.3. The summed E-state index contributed by atoms with van der Waals surface area (Å²) in [6.07, 6.45) is 0. The largest absolute Gasteiger partial charge is 0.376 e. The summed E-state index contributed by atoms with van der Waals surface area (Å²) in [5.41, 5.74) is 3.73. The highest BCUT2D eigenvalue weighted by molar-refractivity contribution is 6.02. The number of imide groups is 1. The maximum atomic E-state index is 11.8. The van der Waals surface area contributed by atoms with Gasteiger partial charge in [-0.3, -0.25) is 10.1 Å². The summed E-state index contributed by atoms with van der Waals surface area (Å²) in [4.78, 5) is 23.4. The van der Waals surface area contributed by atoms with Crippen LogP contribution in [0.3, 0.4) is 0 Å². The lowest BCUT2D eigenvalue weighted by Crippen LogP contribution is -2.38. The molecular formula is C17H19N3O2. The maximum Gasteiger partial charge on any atom is 0.325 e. The molecule has 2 rings (SSSR count). The van der Waals surface area contributed by atoms with Crippen molar-refractivity contribution in [2.75, 3.05) is 17.2 Å². The molecule has 0 fully saturated rings. The Balaban J connectivity index is 1.81. The molecule has 0 aliphatic heterocycles. The zero-order chi connectivity index (χ0) is 15.9. The molecule has 0 aliphatic rings. The van der Waals surface area contributed by atoms with Gasteiger partial charge in [-0.25, -0.2) is 4.79 Å². The highest BCUT2D eigenvalue weighted by Gasteiger charge is 2.08. The van der Waals surface area contributed by atoms with E-state index in [1.807, 2.05) is 38.1 Å². The van der Waals surface area contributed by atoms with Gasteiger partial charge in [0.05, 0.1) is 6.54 Å². The van der Waals surface area contributed by atoms with Gasteiger partial charge >= 0.3 is 6.03 Å². The lowest BCUT2D eigenvalue weighted by molar-refractivity contribution is -0.118. The number of carbonyl (C=O) groups excluding carboxylic acids is 2. The number of urea groups is 1. The van der Waals surface area contributed by atoms with E-state index in [9.17, 15) is 9.59 Å². The van der Waals surface area contributed by atoms with Gasteiger partial charge in [0.2, 0.25) is 5.91 Å². The van der Waals surface area contributed by atoms with Gasteiger partial charge in [-0.1, -0.05) is 35.9 Å². The minimum atomic E-state index is -0.543. The number of amides is 3. The molecule has 0 radical (unpaired) electrons. The van der Waals surface area contributed by atoms with Crippen molar-refractivity contribution in [2.24, 2.45) is 0 Å². The zero-order valence-corrected chi connectivity index (χ0v) is 12.6. The number of benzene rings is 2. The minimum absolute atomic E-state index is 0.0338. The fourth-order valence-corrected chi connectivity index (χ4v) is 2.04. The van der Waals surface area contributed by atoms with Crippen LogP contribution in [-0.4, -0.2) is 18.5 Å². The Morgan fingerprint density at radius 2 is 1.73 bits per heavy atom. The first kappa shape index (κ1) is 15.6. The second kappa shape index (κ2) is 7.26. The Morgan fingerprint density at radius 3 is 2.41 bits per heavy atom. The summed E-state index contributed by atoms with van der Waals surface area (Å²) in [5.74, 6) is -0.395. The van der Waals surface area contributed by atoms with Crippen molar-refractivity contribution < 1.29 is 9.59 Å². The molecule has 3 N–H and O–H groups in total. The molecule has 0 aromatic heterocycles. The van der Waals surface area contributed by atoms with Gasteiger partial charge in [-0.05, 0) is 37.6 Å². The van der Waals surface area contributed by atoms with Crippen LogP contribution in [0.25, 0.3) is 0 Å². The molecule has 0 heterocycles. The molecule has 0 spiro atoms. The Bertz CT molecular complexity index is 669. The predicted molar refractivity (Wildman–Crippen MR) is 88.0 cm³/mol. The molecule has 0 saturated heterocycles. The van der Waals surface area contributed by atoms with Gasteiger partial charge in [-0.15, -0.1) is 0 Å². The van der Waals surface area contributed by atoms with Crippen LogP contribution in [0.2, 0.25) is 0 Å². The smallest absolute Gasteiger partial charge is 0.325 e.